The molecule has 0 bridgehead atoms. The van der Waals surface area contributed by atoms with Gasteiger partial charge in [0.1, 0.15) is 0 Å². The molecule has 2 amide bonds. The van der Waals surface area contributed by atoms with Gasteiger partial charge >= 0.3 is 6.03 Å². The number of carbonyl (C=O) groups is 1. The molecular weight excluding hydrogens is 384 g/mol. The fourth-order valence-electron chi connectivity index (χ4n) is 3.35. The third-order valence-electron chi connectivity index (χ3n) is 4.97. The van der Waals surface area contributed by atoms with Crippen LogP contribution < -0.4 is 5.32 Å². The molecule has 27 heavy (non-hydrogen) atoms. The Morgan fingerprint density at radius 3 is 2.63 bits per heavy atom. The Kier molecular flexibility index (Phi) is 6.33. The van der Waals surface area contributed by atoms with Crippen LogP contribution in [0.15, 0.2) is 24.3 Å². The fourth-order valence-corrected chi connectivity index (χ4v) is 5.94. The van der Waals surface area contributed by atoms with E-state index in [1.807, 2.05) is 24.3 Å². The molecule has 0 radical (unpaired) electrons. The van der Waals surface area contributed by atoms with Gasteiger partial charge in [0, 0.05) is 19.1 Å². The van der Waals surface area contributed by atoms with Gasteiger partial charge in [0.2, 0.25) is 0 Å². The number of likely N-dealkylation sites (N-methyl/N-ethyl adjacent to an activating group) is 1. The van der Waals surface area contributed by atoms with E-state index >= 15 is 0 Å². The molecule has 1 aromatic heterocycles. The molecule has 1 saturated heterocycles. The zero-order valence-electron chi connectivity index (χ0n) is 15.7. The molecule has 1 fully saturated rings. The molecule has 0 spiro atoms. The first kappa shape index (κ1) is 20.0. The lowest BCUT2D eigenvalue weighted by Crippen LogP contribution is -2.47. The highest BCUT2D eigenvalue weighted by molar-refractivity contribution is 7.91. The summed E-state index contributed by atoms with van der Waals surface area (Å²) in [4.78, 5) is 21.3. The Morgan fingerprint density at radius 2 is 2.00 bits per heavy atom. The van der Waals surface area contributed by atoms with E-state index < -0.39 is 9.84 Å². The SMILES string of the molecule is CCN(CC)CCN(C(=O)Nc1nc2ccccc2s1)C1CCS(=O)(=O)C1. The highest BCUT2D eigenvalue weighted by Gasteiger charge is 2.35. The van der Waals surface area contributed by atoms with E-state index in [4.69, 9.17) is 0 Å². The summed E-state index contributed by atoms with van der Waals surface area (Å²) in [5, 5.41) is 3.41. The summed E-state index contributed by atoms with van der Waals surface area (Å²) >= 11 is 1.42. The molecule has 1 atom stereocenters. The van der Waals surface area contributed by atoms with Crippen LogP contribution >= 0.6 is 11.3 Å². The van der Waals surface area contributed by atoms with E-state index in [0.29, 0.717) is 18.1 Å². The predicted octanol–water partition coefficient (Wildman–Crippen LogP) is 2.66. The molecule has 1 aliphatic heterocycles. The van der Waals surface area contributed by atoms with E-state index in [1.54, 1.807) is 4.90 Å². The van der Waals surface area contributed by atoms with Crippen LogP contribution in [0.4, 0.5) is 9.93 Å². The minimum atomic E-state index is -3.07. The first-order chi connectivity index (χ1) is 12.9. The lowest BCUT2D eigenvalue weighted by Gasteiger charge is -2.30. The van der Waals surface area contributed by atoms with Crippen LogP contribution in [0.1, 0.15) is 20.3 Å². The number of anilines is 1. The maximum Gasteiger partial charge on any atom is 0.323 e. The van der Waals surface area contributed by atoms with Crippen molar-refractivity contribution in [1.82, 2.24) is 14.8 Å². The van der Waals surface area contributed by atoms with E-state index in [9.17, 15) is 13.2 Å². The summed E-state index contributed by atoms with van der Waals surface area (Å²) in [5.41, 5.74) is 0.843. The number of benzene rings is 1. The van der Waals surface area contributed by atoms with Crippen molar-refractivity contribution in [2.45, 2.75) is 26.3 Å². The fraction of sp³-hybridized carbons (Fsp3) is 0.556. The first-order valence-electron chi connectivity index (χ1n) is 9.28. The number of nitrogens with zero attached hydrogens (tertiary/aromatic N) is 3. The number of aromatic nitrogens is 1. The van der Waals surface area contributed by atoms with Crippen molar-refractivity contribution in [3.8, 4) is 0 Å². The van der Waals surface area contributed by atoms with E-state index in [1.165, 1.54) is 11.3 Å². The summed E-state index contributed by atoms with van der Waals surface area (Å²) < 4.78 is 24.8. The third-order valence-corrected chi connectivity index (χ3v) is 7.67. The van der Waals surface area contributed by atoms with Crippen molar-refractivity contribution in [2.75, 3.05) is 43.0 Å². The minimum absolute atomic E-state index is 0.0402. The van der Waals surface area contributed by atoms with Gasteiger partial charge in [-0.1, -0.05) is 37.3 Å². The van der Waals surface area contributed by atoms with E-state index in [0.717, 1.165) is 29.9 Å². The maximum absolute atomic E-state index is 12.9. The van der Waals surface area contributed by atoms with Gasteiger partial charge in [-0.15, -0.1) is 0 Å². The monoisotopic (exact) mass is 410 g/mol. The Labute approximate surface area is 164 Å². The molecule has 0 saturated carbocycles. The predicted molar refractivity (Wildman–Crippen MR) is 110 cm³/mol. The zero-order chi connectivity index (χ0) is 19.4. The molecule has 1 unspecified atom stereocenters. The number of hydrogen-bond donors (Lipinski definition) is 1. The van der Waals surface area contributed by atoms with Crippen LogP contribution in [0, 0.1) is 0 Å². The average molecular weight is 411 g/mol. The second-order valence-electron chi connectivity index (χ2n) is 6.69. The second kappa shape index (κ2) is 8.53. The number of rotatable bonds is 7. The second-order valence-corrected chi connectivity index (χ2v) is 9.95. The van der Waals surface area contributed by atoms with Crippen molar-refractivity contribution in [3.63, 3.8) is 0 Å². The standard InChI is InChI=1S/C18H26N4O3S2/c1-3-21(4-2)10-11-22(14-9-12-27(24,25)13-14)18(23)20-17-19-15-7-5-6-8-16(15)26-17/h5-8,14H,3-4,9-13H2,1-2H3,(H,19,20,23). The number of amides is 2. The number of fused-ring (bicyclic) bond motifs is 1. The number of carbonyl (C=O) groups excluding carboxylic acids is 1. The lowest BCUT2D eigenvalue weighted by molar-refractivity contribution is 0.178. The largest absolute Gasteiger partial charge is 0.323 e. The number of sulfone groups is 1. The van der Waals surface area contributed by atoms with Crippen LogP contribution in [-0.4, -0.2) is 73.0 Å². The van der Waals surface area contributed by atoms with Gasteiger partial charge in [-0.05, 0) is 31.6 Å². The van der Waals surface area contributed by atoms with Gasteiger partial charge in [0.25, 0.3) is 0 Å². The number of nitrogens with one attached hydrogen (secondary N) is 1. The quantitative estimate of drug-likeness (QED) is 0.759. The van der Waals surface area contributed by atoms with Crippen molar-refractivity contribution in [3.05, 3.63) is 24.3 Å². The van der Waals surface area contributed by atoms with Crippen LogP contribution in [0.3, 0.4) is 0 Å². The van der Waals surface area contributed by atoms with Gasteiger partial charge in [-0.3, -0.25) is 5.32 Å². The van der Waals surface area contributed by atoms with E-state index in [-0.39, 0.29) is 23.6 Å². The molecule has 1 N–H and O–H groups in total. The van der Waals surface area contributed by atoms with Crippen LogP contribution in [0.2, 0.25) is 0 Å². The Bertz CT molecular complexity index is 860. The zero-order valence-corrected chi connectivity index (χ0v) is 17.4. The first-order valence-corrected chi connectivity index (χ1v) is 11.9. The van der Waals surface area contributed by atoms with Crippen LogP contribution in [0.25, 0.3) is 10.2 Å². The molecule has 0 aliphatic carbocycles. The van der Waals surface area contributed by atoms with Crippen molar-refractivity contribution in [1.29, 1.82) is 0 Å². The average Bonchev–Trinajstić information content (AvgIpc) is 3.20. The van der Waals surface area contributed by atoms with Gasteiger partial charge < -0.3 is 9.80 Å². The Morgan fingerprint density at radius 1 is 1.26 bits per heavy atom. The van der Waals surface area contributed by atoms with Crippen molar-refractivity contribution < 1.29 is 13.2 Å². The maximum atomic E-state index is 12.9. The number of thiazole rings is 1. The Balaban J connectivity index is 1.74. The highest BCUT2D eigenvalue weighted by atomic mass is 32.2. The third kappa shape index (κ3) is 4.97. The molecule has 2 heterocycles. The minimum Gasteiger partial charge on any atom is -0.319 e. The van der Waals surface area contributed by atoms with Crippen LogP contribution in [0.5, 0.6) is 0 Å². The lowest BCUT2D eigenvalue weighted by atomic mass is 10.2. The van der Waals surface area contributed by atoms with E-state index in [2.05, 4.69) is 29.0 Å². The number of para-hydroxylation sites is 1. The van der Waals surface area contributed by atoms with Crippen molar-refractivity contribution >= 4 is 42.6 Å². The molecular formula is C18H26N4O3S2. The van der Waals surface area contributed by atoms with Gasteiger partial charge in [-0.25, -0.2) is 18.2 Å². The molecule has 1 aliphatic rings. The highest BCUT2D eigenvalue weighted by Crippen LogP contribution is 2.26. The van der Waals surface area contributed by atoms with Gasteiger partial charge in [-0.2, -0.15) is 0 Å². The van der Waals surface area contributed by atoms with Crippen LogP contribution in [-0.2, 0) is 9.84 Å². The smallest absolute Gasteiger partial charge is 0.319 e. The molecule has 148 valence electrons. The molecule has 2 aromatic rings. The summed E-state index contributed by atoms with van der Waals surface area (Å²) in [6, 6.07) is 7.16. The van der Waals surface area contributed by atoms with Gasteiger partial charge in [0.15, 0.2) is 15.0 Å². The number of urea groups is 1. The topological polar surface area (TPSA) is 82.6 Å². The number of hydrogen-bond acceptors (Lipinski definition) is 6. The molecule has 3 rings (SSSR count). The Hall–Kier alpha value is -1.71. The molecule has 7 nitrogen and oxygen atoms in total. The molecule has 9 heteroatoms. The summed E-state index contributed by atoms with van der Waals surface area (Å²) in [5.74, 6) is 0.187. The summed E-state index contributed by atoms with van der Waals surface area (Å²) in [7, 11) is -3.07. The van der Waals surface area contributed by atoms with Crippen molar-refractivity contribution in [2.24, 2.45) is 0 Å². The normalized spacial score (nSPS) is 18.9. The molecule has 1 aromatic carbocycles. The summed E-state index contributed by atoms with van der Waals surface area (Å²) in [6.07, 6.45) is 0.494. The summed E-state index contributed by atoms with van der Waals surface area (Å²) in [6.45, 7) is 7.17. The van der Waals surface area contributed by atoms with Gasteiger partial charge in [0.05, 0.1) is 21.7 Å².